The maximum Gasteiger partial charge on any atom is 0.242 e. The molecule has 4 aromatic rings. The minimum absolute atomic E-state index is 0.122. The van der Waals surface area contributed by atoms with Gasteiger partial charge >= 0.3 is 0 Å². The number of amides is 1. The smallest absolute Gasteiger partial charge is 0.242 e. The number of rotatable bonds is 7. The molecular formula is C29H25N3O3S2. The zero-order valence-corrected chi connectivity index (χ0v) is 21.5. The molecule has 5 rings (SSSR count). The summed E-state index contributed by atoms with van der Waals surface area (Å²) in [6.07, 6.45) is 0. The van der Waals surface area contributed by atoms with Crippen molar-refractivity contribution >= 4 is 52.1 Å². The molecule has 1 aliphatic heterocycles. The Hall–Kier alpha value is -4.01. The van der Waals surface area contributed by atoms with Crippen LogP contribution in [0.15, 0.2) is 108 Å². The van der Waals surface area contributed by atoms with Gasteiger partial charge in [0.25, 0.3) is 0 Å². The standard InChI is InChI=1S/C29H25N3O3S2/c33-28(30-23-13-16-25-26(19-23)35-18-17-34-25)27(20-7-3-1-4-8-20)37-24-14-11-22(12-15-24)32-29(36)31-21-9-5-2-6-10-21/h1-16,19,27H,17-18H2,(H,30,33)(H2,31,32,36). The molecule has 4 aromatic carbocycles. The van der Waals surface area contributed by atoms with Crippen molar-refractivity contribution in [3.63, 3.8) is 0 Å². The molecule has 1 atom stereocenters. The van der Waals surface area contributed by atoms with Crippen LogP contribution in [0.1, 0.15) is 10.8 Å². The number of hydrogen-bond acceptors (Lipinski definition) is 5. The molecule has 0 bridgehead atoms. The second-order valence-electron chi connectivity index (χ2n) is 8.23. The Labute approximate surface area is 225 Å². The van der Waals surface area contributed by atoms with Crippen molar-refractivity contribution < 1.29 is 14.3 Å². The van der Waals surface area contributed by atoms with Crippen LogP contribution in [-0.4, -0.2) is 24.2 Å². The van der Waals surface area contributed by atoms with Gasteiger partial charge in [-0.3, -0.25) is 4.79 Å². The van der Waals surface area contributed by atoms with E-state index in [1.807, 2.05) is 97.1 Å². The summed E-state index contributed by atoms with van der Waals surface area (Å²) in [4.78, 5) is 14.4. The fourth-order valence-electron chi connectivity index (χ4n) is 3.80. The van der Waals surface area contributed by atoms with Crippen LogP contribution in [0.5, 0.6) is 11.5 Å². The van der Waals surface area contributed by atoms with E-state index < -0.39 is 5.25 Å². The Balaban J connectivity index is 1.27. The van der Waals surface area contributed by atoms with Crippen molar-refractivity contribution in [1.29, 1.82) is 0 Å². The molecule has 0 fully saturated rings. The molecule has 3 N–H and O–H groups in total. The van der Waals surface area contributed by atoms with E-state index >= 15 is 0 Å². The molecule has 6 nitrogen and oxygen atoms in total. The lowest BCUT2D eigenvalue weighted by atomic mass is 10.1. The first-order valence-electron chi connectivity index (χ1n) is 11.8. The monoisotopic (exact) mass is 527 g/mol. The van der Waals surface area contributed by atoms with Crippen LogP contribution in [0.25, 0.3) is 0 Å². The summed E-state index contributed by atoms with van der Waals surface area (Å²) in [5.74, 6) is 1.20. The minimum atomic E-state index is -0.450. The Bertz CT molecular complexity index is 1370. The fraction of sp³-hybridized carbons (Fsp3) is 0.103. The van der Waals surface area contributed by atoms with Crippen molar-refractivity contribution in [2.45, 2.75) is 10.1 Å². The van der Waals surface area contributed by atoms with Gasteiger partial charge in [-0.2, -0.15) is 0 Å². The number of thioether (sulfide) groups is 1. The fourth-order valence-corrected chi connectivity index (χ4v) is 5.06. The number of fused-ring (bicyclic) bond motifs is 1. The highest BCUT2D eigenvalue weighted by Gasteiger charge is 2.23. The molecular weight excluding hydrogens is 502 g/mol. The summed E-state index contributed by atoms with van der Waals surface area (Å²) >= 11 is 6.91. The summed E-state index contributed by atoms with van der Waals surface area (Å²) in [7, 11) is 0. The van der Waals surface area contributed by atoms with E-state index in [1.165, 1.54) is 11.8 Å². The average molecular weight is 528 g/mol. The van der Waals surface area contributed by atoms with E-state index in [2.05, 4.69) is 16.0 Å². The lowest BCUT2D eigenvalue weighted by Gasteiger charge is -2.20. The van der Waals surface area contributed by atoms with Gasteiger partial charge in [-0.05, 0) is 66.3 Å². The maximum atomic E-state index is 13.4. The second-order valence-corrected chi connectivity index (χ2v) is 9.81. The lowest BCUT2D eigenvalue weighted by molar-refractivity contribution is -0.115. The third-order valence-electron chi connectivity index (χ3n) is 5.55. The molecule has 1 unspecified atom stereocenters. The van der Waals surface area contributed by atoms with E-state index in [9.17, 15) is 4.79 Å². The van der Waals surface area contributed by atoms with Crippen molar-refractivity contribution in [3.05, 3.63) is 109 Å². The third kappa shape index (κ3) is 6.61. The van der Waals surface area contributed by atoms with Crippen LogP contribution in [0, 0.1) is 0 Å². The summed E-state index contributed by atoms with van der Waals surface area (Å²) in [6.45, 7) is 1.01. The highest BCUT2D eigenvalue weighted by Crippen LogP contribution is 2.38. The Morgan fingerprint density at radius 1 is 0.703 bits per heavy atom. The predicted molar refractivity (Wildman–Crippen MR) is 154 cm³/mol. The number of hydrogen-bond donors (Lipinski definition) is 3. The van der Waals surface area contributed by atoms with Gasteiger partial charge in [0, 0.05) is 28.0 Å². The number of thiocarbonyl (C=S) groups is 1. The average Bonchev–Trinajstić information content (AvgIpc) is 2.93. The van der Waals surface area contributed by atoms with Gasteiger partial charge in [-0.25, -0.2) is 0 Å². The van der Waals surface area contributed by atoms with E-state index in [4.69, 9.17) is 21.7 Å². The van der Waals surface area contributed by atoms with E-state index in [1.54, 1.807) is 6.07 Å². The van der Waals surface area contributed by atoms with Gasteiger partial charge in [-0.1, -0.05) is 48.5 Å². The van der Waals surface area contributed by atoms with Gasteiger partial charge in [0.15, 0.2) is 16.6 Å². The summed E-state index contributed by atoms with van der Waals surface area (Å²) < 4.78 is 11.2. The molecule has 186 valence electrons. The highest BCUT2D eigenvalue weighted by molar-refractivity contribution is 8.00. The molecule has 0 radical (unpaired) electrons. The van der Waals surface area contributed by atoms with Crippen LogP contribution < -0.4 is 25.4 Å². The lowest BCUT2D eigenvalue weighted by Crippen LogP contribution is -2.20. The second kappa shape index (κ2) is 11.8. The van der Waals surface area contributed by atoms with Crippen molar-refractivity contribution in [2.75, 3.05) is 29.2 Å². The zero-order chi connectivity index (χ0) is 25.5. The molecule has 1 aliphatic rings. The Morgan fingerprint density at radius 2 is 1.30 bits per heavy atom. The molecule has 0 aromatic heterocycles. The number of carbonyl (C=O) groups excluding carboxylic acids is 1. The number of benzene rings is 4. The quantitative estimate of drug-likeness (QED) is 0.182. The molecule has 8 heteroatoms. The van der Waals surface area contributed by atoms with Gasteiger partial charge in [-0.15, -0.1) is 11.8 Å². The SMILES string of the molecule is O=C(Nc1ccc2c(c1)OCCO2)C(Sc1ccc(NC(=S)Nc2ccccc2)cc1)c1ccccc1. The molecule has 0 spiro atoms. The van der Waals surface area contributed by atoms with Crippen LogP contribution in [0.3, 0.4) is 0 Å². The van der Waals surface area contributed by atoms with Gasteiger partial charge < -0.3 is 25.4 Å². The van der Waals surface area contributed by atoms with Crippen LogP contribution in [0.2, 0.25) is 0 Å². The van der Waals surface area contributed by atoms with Crippen LogP contribution in [0.4, 0.5) is 17.1 Å². The number of ether oxygens (including phenoxy) is 2. The van der Waals surface area contributed by atoms with Crippen LogP contribution >= 0.6 is 24.0 Å². The molecule has 1 heterocycles. The first kappa shape index (κ1) is 24.7. The van der Waals surface area contributed by atoms with E-state index in [0.717, 1.165) is 21.8 Å². The topological polar surface area (TPSA) is 71.6 Å². The number of nitrogens with one attached hydrogen (secondary N) is 3. The summed E-state index contributed by atoms with van der Waals surface area (Å²) in [6, 6.07) is 32.8. The molecule has 0 saturated carbocycles. The Kier molecular flexibility index (Phi) is 7.88. The first-order valence-corrected chi connectivity index (χ1v) is 13.1. The molecule has 37 heavy (non-hydrogen) atoms. The molecule has 0 saturated heterocycles. The third-order valence-corrected chi connectivity index (χ3v) is 7.02. The summed E-state index contributed by atoms with van der Waals surface area (Å²) in [5.41, 5.74) is 3.35. The van der Waals surface area contributed by atoms with Crippen molar-refractivity contribution in [3.8, 4) is 11.5 Å². The normalized spacial score (nSPS) is 12.8. The van der Waals surface area contributed by atoms with Crippen LogP contribution in [-0.2, 0) is 4.79 Å². The van der Waals surface area contributed by atoms with E-state index in [-0.39, 0.29) is 5.91 Å². The zero-order valence-electron chi connectivity index (χ0n) is 19.8. The highest BCUT2D eigenvalue weighted by atomic mass is 32.2. The van der Waals surface area contributed by atoms with E-state index in [0.29, 0.717) is 35.5 Å². The number of anilines is 3. The van der Waals surface area contributed by atoms with Crippen molar-refractivity contribution in [1.82, 2.24) is 0 Å². The summed E-state index contributed by atoms with van der Waals surface area (Å²) in [5, 5.41) is 9.45. The van der Waals surface area contributed by atoms with Gasteiger partial charge in [0.05, 0.1) is 0 Å². The Morgan fingerprint density at radius 3 is 2.00 bits per heavy atom. The number of carbonyl (C=O) groups is 1. The maximum absolute atomic E-state index is 13.4. The van der Waals surface area contributed by atoms with Crippen molar-refractivity contribution in [2.24, 2.45) is 0 Å². The van der Waals surface area contributed by atoms with Gasteiger partial charge in [0.2, 0.25) is 5.91 Å². The first-order chi connectivity index (χ1) is 18.1. The molecule has 0 aliphatic carbocycles. The minimum Gasteiger partial charge on any atom is -0.486 e. The largest absolute Gasteiger partial charge is 0.486 e. The molecule has 1 amide bonds. The number of para-hydroxylation sites is 1. The predicted octanol–water partition coefficient (Wildman–Crippen LogP) is 6.74. The van der Waals surface area contributed by atoms with Gasteiger partial charge in [0.1, 0.15) is 18.5 Å².